The average Bonchev–Trinajstić information content (AvgIpc) is 2.38. The Morgan fingerprint density at radius 3 is 2.53 bits per heavy atom. The molecule has 5 nitrogen and oxygen atoms in total. The maximum Gasteiger partial charge on any atom is 0.150 e. The van der Waals surface area contributed by atoms with Crippen molar-refractivity contribution < 1.29 is 24.5 Å². The molecule has 0 radical (unpaired) electrons. The summed E-state index contributed by atoms with van der Waals surface area (Å²) in [6.07, 6.45) is -0.0785. The van der Waals surface area contributed by atoms with E-state index in [-0.39, 0.29) is 13.2 Å². The molecule has 94 valence electrons. The quantitative estimate of drug-likeness (QED) is 0.503. The molecule has 5 heteroatoms. The molecule has 1 aromatic carbocycles. The lowest BCUT2D eigenvalue weighted by Crippen LogP contribution is -2.21. The number of benzene rings is 1. The highest BCUT2D eigenvalue weighted by atomic mass is 16.5. The molecule has 1 unspecified atom stereocenters. The zero-order chi connectivity index (χ0) is 12.5. The van der Waals surface area contributed by atoms with Crippen LogP contribution in [0.15, 0.2) is 24.3 Å². The van der Waals surface area contributed by atoms with Crippen LogP contribution in [0, 0.1) is 0 Å². The number of hydrogen-bond acceptors (Lipinski definition) is 5. The monoisotopic (exact) mass is 240 g/mol. The number of rotatable bonds is 8. The predicted octanol–water partition coefficient (Wildman–Crippen LogP) is 0.248. The highest BCUT2D eigenvalue weighted by molar-refractivity contribution is 5.74. The normalized spacial score (nSPS) is 12.1. The van der Waals surface area contributed by atoms with Crippen molar-refractivity contribution in [2.45, 2.75) is 6.10 Å². The highest BCUT2D eigenvalue weighted by Crippen LogP contribution is 2.10. The molecule has 0 fully saturated rings. The van der Waals surface area contributed by atoms with Gasteiger partial charge in [-0.05, 0) is 24.3 Å². The second kappa shape index (κ2) is 7.78. The van der Waals surface area contributed by atoms with Gasteiger partial charge in [-0.15, -0.1) is 0 Å². The molecule has 0 saturated heterocycles. The summed E-state index contributed by atoms with van der Waals surface area (Å²) in [5, 5.41) is 17.5. The van der Waals surface area contributed by atoms with Crippen LogP contribution in [0.25, 0.3) is 0 Å². The number of aliphatic hydroxyl groups is 2. The number of aldehydes is 1. The third-order valence-corrected chi connectivity index (χ3v) is 2.03. The van der Waals surface area contributed by atoms with Gasteiger partial charge in [-0.2, -0.15) is 0 Å². The highest BCUT2D eigenvalue weighted by Gasteiger charge is 2.01. The van der Waals surface area contributed by atoms with Crippen molar-refractivity contribution in [3.8, 4) is 5.75 Å². The first-order chi connectivity index (χ1) is 8.26. The van der Waals surface area contributed by atoms with E-state index in [0.717, 1.165) is 6.29 Å². The first-order valence-electron chi connectivity index (χ1n) is 5.31. The Labute approximate surface area is 99.6 Å². The van der Waals surface area contributed by atoms with Crippen molar-refractivity contribution in [1.29, 1.82) is 0 Å². The Balaban J connectivity index is 2.15. The number of hydrogen-bond donors (Lipinski definition) is 2. The summed E-state index contributed by atoms with van der Waals surface area (Å²) in [6.45, 7) is 0.447. The van der Waals surface area contributed by atoms with Gasteiger partial charge in [0.05, 0.1) is 19.8 Å². The van der Waals surface area contributed by atoms with E-state index in [4.69, 9.17) is 19.7 Å². The van der Waals surface area contributed by atoms with Gasteiger partial charge in [-0.3, -0.25) is 4.79 Å². The zero-order valence-corrected chi connectivity index (χ0v) is 9.41. The third kappa shape index (κ3) is 5.44. The van der Waals surface area contributed by atoms with Gasteiger partial charge >= 0.3 is 0 Å². The topological polar surface area (TPSA) is 76.0 Å². The average molecular weight is 240 g/mol. The van der Waals surface area contributed by atoms with Crippen LogP contribution in [-0.4, -0.2) is 49.0 Å². The van der Waals surface area contributed by atoms with Crippen molar-refractivity contribution in [3.63, 3.8) is 0 Å². The van der Waals surface area contributed by atoms with Crippen LogP contribution >= 0.6 is 0 Å². The molecule has 2 N–H and O–H groups in total. The van der Waals surface area contributed by atoms with Crippen LogP contribution in [0.5, 0.6) is 5.75 Å². The molecule has 0 bridgehead atoms. The molecular weight excluding hydrogens is 224 g/mol. The Bertz CT molecular complexity index is 322. The van der Waals surface area contributed by atoms with Gasteiger partial charge in [0.25, 0.3) is 0 Å². The maximum absolute atomic E-state index is 10.4. The van der Waals surface area contributed by atoms with E-state index in [0.29, 0.717) is 24.5 Å². The first-order valence-corrected chi connectivity index (χ1v) is 5.31. The maximum atomic E-state index is 10.4. The predicted molar refractivity (Wildman–Crippen MR) is 61.2 cm³/mol. The summed E-state index contributed by atoms with van der Waals surface area (Å²) in [6, 6.07) is 6.73. The van der Waals surface area contributed by atoms with E-state index in [2.05, 4.69) is 0 Å². The second-order valence-corrected chi connectivity index (χ2v) is 3.45. The number of carbonyl (C=O) groups excluding carboxylic acids is 1. The molecular formula is C12H16O5. The molecule has 0 amide bonds. The van der Waals surface area contributed by atoms with Crippen molar-refractivity contribution in [1.82, 2.24) is 0 Å². The molecule has 0 aliphatic carbocycles. The third-order valence-electron chi connectivity index (χ3n) is 2.03. The smallest absolute Gasteiger partial charge is 0.150 e. The molecule has 1 aromatic rings. The molecule has 0 saturated carbocycles. The molecule has 17 heavy (non-hydrogen) atoms. The molecule has 0 heterocycles. The van der Waals surface area contributed by atoms with Gasteiger partial charge in [0.2, 0.25) is 0 Å². The van der Waals surface area contributed by atoms with Crippen LogP contribution in [0.3, 0.4) is 0 Å². The van der Waals surface area contributed by atoms with Gasteiger partial charge in [0, 0.05) is 5.56 Å². The summed E-state index contributed by atoms with van der Waals surface area (Å²) >= 11 is 0. The Morgan fingerprint density at radius 1 is 1.24 bits per heavy atom. The molecule has 1 rings (SSSR count). The summed E-state index contributed by atoms with van der Waals surface area (Å²) in [5.41, 5.74) is 0.597. The summed E-state index contributed by atoms with van der Waals surface area (Å²) in [4.78, 5) is 10.4. The fraction of sp³-hybridized carbons (Fsp3) is 0.417. The SMILES string of the molecule is O=Cc1ccc(OCCOCC(O)CO)cc1. The van der Waals surface area contributed by atoms with E-state index in [1.165, 1.54) is 0 Å². The number of ether oxygens (including phenoxy) is 2. The molecule has 0 aliphatic heterocycles. The minimum Gasteiger partial charge on any atom is -0.491 e. The van der Waals surface area contributed by atoms with Crippen LogP contribution in [-0.2, 0) is 4.74 Å². The van der Waals surface area contributed by atoms with Crippen molar-refractivity contribution >= 4 is 6.29 Å². The van der Waals surface area contributed by atoms with Gasteiger partial charge in [-0.25, -0.2) is 0 Å². The Morgan fingerprint density at radius 2 is 1.94 bits per heavy atom. The minimum absolute atomic E-state index is 0.0872. The Kier molecular flexibility index (Phi) is 6.24. The summed E-state index contributed by atoms with van der Waals surface area (Å²) < 4.78 is 10.4. The van der Waals surface area contributed by atoms with E-state index in [1.54, 1.807) is 24.3 Å². The molecule has 0 aromatic heterocycles. The lowest BCUT2D eigenvalue weighted by molar-refractivity contribution is -0.00138. The Hall–Kier alpha value is -1.43. The standard InChI is InChI=1S/C12H16O5/c13-7-10-1-3-12(4-2-10)17-6-5-16-9-11(15)8-14/h1-4,7,11,14-15H,5-6,8-9H2. The van der Waals surface area contributed by atoms with Gasteiger partial charge in [-0.1, -0.05) is 0 Å². The second-order valence-electron chi connectivity index (χ2n) is 3.45. The van der Waals surface area contributed by atoms with Crippen LogP contribution in [0.1, 0.15) is 10.4 Å². The van der Waals surface area contributed by atoms with Crippen LogP contribution < -0.4 is 4.74 Å². The van der Waals surface area contributed by atoms with E-state index < -0.39 is 6.10 Å². The largest absolute Gasteiger partial charge is 0.491 e. The van der Waals surface area contributed by atoms with Crippen molar-refractivity contribution in [2.75, 3.05) is 26.4 Å². The van der Waals surface area contributed by atoms with Crippen LogP contribution in [0.2, 0.25) is 0 Å². The van der Waals surface area contributed by atoms with Gasteiger partial charge in [0.1, 0.15) is 24.7 Å². The van der Waals surface area contributed by atoms with E-state index >= 15 is 0 Å². The number of aliphatic hydroxyl groups excluding tert-OH is 2. The fourth-order valence-electron chi connectivity index (χ4n) is 1.13. The lowest BCUT2D eigenvalue weighted by atomic mass is 10.2. The van der Waals surface area contributed by atoms with Crippen molar-refractivity contribution in [3.05, 3.63) is 29.8 Å². The zero-order valence-electron chi connectivity index (χ0n) is 9.41. The summed E-state index contributed by atoms with van der Waals surface area (Å²) in [5.74, 6) is 0.655. The first kappa shape index (κ1) is 13.6. The minimum atomic E-state index is -0.845. The fourth-order valence-corrected chi connectivity index (χ4v) is 1.13. The molecule has 1 atom stereocenters. The van der Waals surface area contributed by atoms with E-state index in [9.17, 15) is 4.79 Å². The van der Waals surface area contributed by atoms with Crippen molar-refractivity contribution in [2.24, 2.45) is 0 Å². The lowest BCUT2D eigenvalue weighted by Gasteiger charge is -2.09. The molecule has 0 spiro atoms. The van der Waals surface area contributed by atoms with Crippen LogP contribution in [0.4, 0.5) is 0 Å². The van der Waals surface area contributed by atoms with Gasteiger partial charge < -0.3 is 19.7 Å². The number of carbonyl (C=O) groups is 1. The summed E-state index contributed by atoms with van der Waals surface area (Å²) in [7, 11) is 0. The van der Waals surface area contributed by atoms with E-state index in [1.807, 2.05) is 0 Å². The molecule has 0 aliphatic rings. The van der Waals surface area contributed by atoms with Gasteiger partial charge in [0.15, 0.2) is 0 Å².